The van der Waals surface area contributed by atoms with Gasteiger partial charge in [-0.25, -0.2) is 0 Å². The van der Waals surface area contributed by atoms with E-state index in [1.165, 1.54) is 83.5 Å². The van der Waals surface area contributed by atoms with Crippen molar-refractivity contribution in [3.63, 3.8) is 0 Å². The lowest BCUT2D eigenvalue weighted by atomic mass is 9.98. The zero-order chi connectivity index (χ0) is 38.8. The molecular weight excluding hydrogens is 668 g/mol. The van der Waals surface area contributed by atoms with E-state index in [2.05, 4.69) is 50.3 Å². The number of carbonyl (C=O) groups is 1. The van der Waals surface area contributed by atoms with Crippen molar-refractivity contribution >= 4 is 5.97 Å². The number of hydrogen-bond acceptors (Lipinski definition) is 8. The minimum absolute atomic E-state index is 0.139. The van der Waals surface area contributed by atoms with E-state index in [0.29, 0.717) is 19.3 Å². The maximum atomic E-state index is 12.5. The Hall–Kier alpha value is -1.55. The van der Waals surface area contributed by atoms with Gasteiger partial charge in [-0.05, 0) is 71.1 Å². The summed E-state index contributed by atoms with van der Waals surface area (Å²) in [7, 11) is 0. The Bertz CT molecular complexity index is 918. The predicted molar refractivity (Wildman–Crippen MR) is 218 cm³/mol. The number of unbranched alkanes of at least 4 members (excludes halogenated alkanes) is 17. The van der Waals surface area contributed by atoms with Crippen molar-refractivity contribution < 1.29 is 39.4 Å². The Morgan fingerprint density at radius 1 is 0.623 bits per heavy atom. The Balaban J connectivity index is 2.31. The monoisotopic (exact) mass is 751 g/mol. The van der Waals surface area contributed by atoms with Gasteiger partial charge >= 0.3 is 5.97 Å². The average Bonchev–Trinajstić information content (AvgIpc) is 3.15. The Morgan fingerprint density at radius 2 is 1.15 bits per heavy atom. The van der Waals surface area contributed by atoms with E-state index in [9.17, 15) is 25.2 Å². The minimum atomic E-state index is -1.46. The van der Waals surface area contributed by atoms with Crippen LogP contribution in [0.1, 0.15) is 194 Å². The Kier molecular flexibility index (Phi) is 32.6. The van der Waals surface area contributed by atoms with Crippen molar-refractivity contribution in [2.45, 2.75) is 237 Å². The lowest BCUT2D eigenvalue weighted by Crippen LogP contribution is -2.59. The molecule has 0 amide bonds. The van der Waals surface area contributed by atoms with Crippen LogP contribution in [-0.2, 0) is 19.0 Å². The largest absolute Gasteiger partial charge is 0.463 e. The second-order valence-corrected chi connectivity index (χ2v) is 15.3. The number of esters is 1. The molecule has 0 spiro atoms. The van der Waals surface area contributed by atoms with Gasteiger partial charge in [-0.2, -0.15) is 0 Å². The molecule has 1 rings (SSSR count). The first-order chi connectivity index (χ1) is 25.8. The van der Waals surface area contributed by atoms with Crippen LogP contribution in [0.3, 0.4) is 0 Å². The molecule has 8 heteroatoms. The van der Waals surface area contributed by atoms with Crippen LogP contribution in [-0.4, -0.2) is 75.9 Å². The van der Waals surface area contributed by atoms with Crippen molar-refractivity contribution in [3.8, 4) is 0 Å². The van der Waals surface area contributed by atoms with E-state index in [1.54, 1.807) is 0 Å². The molecule has 0 aliphatic carbocycles. The van der Waals surface area contributed by atoms with Crippen LogP contribution in [0.15, 0.2) is 36.5 Å². The summed E-state index contributed by atoms with van der Waals surface area (Å²) < 4.78 is 17.6. The summed E-state index contributed by atoms with van der Waals surface area (Å²) in [6.45, 7) is 5.86. The maximum Gasteiger partial charge on any atom is 0.306 e. The van der Waals surface area contributed by atoms with Crippen LogP contribution in [0.2, 0.25) is 0 Å². The van der Waals surface area contributed by atoms with Gasteiger partial charge < -0.3 is 34.6 Å². The minimum Gasteiger partial charge on any atom is -0.463 e. The molecule has 0 aromatic carbocycles. The molecular formula is C45H82O8. The van der Waals surface area contributed by atoms with Crippen molar-refractivity contribution in [1.82, 2.24) is 0 Å². The van der Waals surface area contributed by atoms with E-state index >= 15 is 0 Å². The highest BCUT2D eigenvalue weighted by Crippen LogP contribution is 2.26. The number of ether oxygens (including phenoxy) is 3. The first-order valence-electron chi connectivity index (χ1n) is 21.9. The molecule has 53 heavy (non-hydrogen) atoms. The van der Waals surface area contributed by atoms with Gasteiger partial charge in [0, 0.05) is 6.42 Å². The number of carbonyl (C=O) groups excluding carboxylic acids is 1. The zero-order valence-electron chi connectivity index (χ0n) is 34.2. The molecule has 1 saturated heterocycles. The quantitative estimate of drug-likeness (QED) is 0.0287. The molecule has 1 aliphatic rings. The predicted octanol–water partition coefficient (Wildman–Crippen LogP) is 10.3. The number of allylic oxidation sites excluding steroid dienone is 6. The van der Waals surface area contributed by atoms with Gasteiger partial charge in [-0.15, -0.1) is 0 Å². The molecule has 1 heterocycles. The number of aliphatic hydroxyl groups is 4. The fourth-order valence-corrected chi connectivity index (χ4v) is 6.90. The van der Waals surface area contributed by atoms with Gasteiger partial charge in [0.15, 0.2) is 6.29 Å². The first kappa shape index (κ1) is 49.5. The molecule has 8 nitrogen and oxygen atoms in total. The molecule has 0 radical (unpaired) electrons. The topological polar surface area (TPSA) is 126 Å². The second kappa shape index (κ2) is 34.9. The van der Waals surface area contributed by atoms with Crippen LogP contribution in [0.5, 0.6) is 0 Å². The summed E-state index contributed by atoms with van der Waals surface area (Å²) >= 11 is 0. The molecule has 0 aromatic rings. The van der Waals surface area contributed by atoms with Crippen LogP contribution in [0.4, 0.5) is 0 Å². The SMILES string of the molecule is CC/C=C\C/C=C\C/C=C\CCCCCCCC(=O)OC(C)CCCC(CCCCCCCCCCCCCCC)O[C@@H]1O[C@H](CO)[C@H](O)[C@H](O)[C@H]1O. The fourth-order valence-electron chi connectivity index (χ4n) is 6.90. The number of rotatable bonds is 35. The van der Waals surface area contributed by atoms with Gasteiger partial charge in [0.2, 0.25) is 0 Å². The van der Waals surface area contributed by atoms with Crippen molar-refractivity contribution in [2.75, 3.05) is 6.61 Å². The summed E-state index contributed by atoms with van der Waals surface area (Å²) in [6, 6.07) is 0. The van der Waals surface area contributed by atoms with E-state index in [1.807, 2.05) is 6.92 Å². The van der Waals surface area contributed by atoms with Gasteiger partial charge in [0.25, 0.3) is 0 Å². The lowest BCUT2D eigenvalue weighted by Gasteiger charge is -2.41. The fraction of sp³-hybridized carbons (Fsp3) is 0.844. The van der Waals surface area contributed by atoms with Crippen LogP contribution < -0.4 is 0 Å². The van der Waals surface area contributed by atoms with E-state index < -0.39 is 37.3 Å². The van der Waals surface area contributed by atoms with Crippen molar-refractivity contribution in [2.24, 2.45) is 0 Å². The molecule has 1 aliphatic heterocycles. The molecule has 2 unspecified atom stereocenters. The lowest BCUT2D eigenvalue weighted by molar-refractivity contribution is -0.312. The van der Waals surface area contributed by atoms with Crippen molar-refractivity contribution in [3.05, 3.63) is 36.5 Å². The van der Waals surface area contributed by atoms with Crippen LogP contribution in [0, 0.1) is 0 Å². The number of aliphatic hydroxyl groups excluding tert-OH is 4. The molecule has 310 valence electrons. The van der Waals surface area contributed by atoms with E-state index in [4.69, 9.17) is 14.2 Å². The molecule has 0 aromatic heterocycles. The van der Waals surface area contributed by atoms with Gasteiger partial charge in [-0.1, -0.05) is 153 Å². The Morgan fingerprint density at radius 3 is 1.75 bits per heavy atom. The summed E-state index contributed by atoms with van der Waals surface area (Å²) in [5.74, 6) is -0.139. The number of hydrogen-bond donors (Lipinski definition) is 4. The summed E-state index contributed by atoms with van der Waals surface area (Å²) in [6.07, 6.45) is 36.1. The normalized spacial score (nSPS) is 22.0. The molecule has 7 atom stereocenters. The highest BCUT2D eigenvalue weighted by atomic mass is 16.7. The van der Waals surface area contributed by atoms with Crippen molar-refractivity contribution in [1.29, 1.82) is 0 Å². The smallest absolute Gasteiger partial charge is 0.306 e. The standard InChI is InChI=1S/C45H82O8/c1-4-6-8-10-12-14-16-18-19-21-23-25-27-29-31-36-41(47)51-38(3)33-32-35-39(52-45-44(50)43(49)42(48)40(37-46)53-45)34-30-28-26-24-22-20-17-15-13-11-9-7-5-2/h6,8,12,14,18-19,38-40,42-46,48-50H,4-5,7,9-11,13,15-17,20-37H2,1-3H3/b8-6-,14-12-,19-18-/t38?,39?,40-,42+,43+,44-,45-/m1/s1. The molecule has 1 fully saturated rings. The summed E-state index contributed by atoms with van der Waals surface area (Å²) in [5.41, 5.74) is 0. The third-order valence-electron chi connectivity index (χ3n) is 10.3. The second-order valence-electron chi connectivity index (χ2n) is 15.3. The first-order valence-corrected chi connectivity index (χ1v) is 21.9. The summed E-state index contributed by atoms with van der Waals surface area (Å²) in [4.78, 5) is 12.5. The van der Waals surface area contributed by atoms with E-state index in [-0.39, 0.29) is 18.2 Å². The Labute approximate surface area is 324 Å². The highest BCUT2D eigenvalue weighted by molar-refractivity contribution is 5.69. The highest BCUT2D eigenvalue weighted by Gasteiger charge is 2.44. The average molecular weight is 751 g/mol. The van der Waals surface area contributed by atoms with Crippen LogP contribution >= 0.6 is 0 Å². The zero-order valence-corrected chi connectivity index (χ0v) is 34.2. The van der Waals surface area contributed by atoms with Gasteiger partial charge in [0.05, 0.1) is 18.8 Å². The van der Waals surface area contributed by atoms with Crippen LogP contribution in [0.25, 0.3) is 0 Å². The van der Waals surface area contributed by atoms with Gasteiger partial charge in [0.1, 0.15) is 24.4 Å². The maximum absolute atomic E-state index is 12.5. The molecule has 0 bridgehead atoms. The van der Waals surface area contributed by atoms with E-state index in [0.717, 1.165) is 70.6 Å². The molecule has 0 saturated carbocycles. The third-order valence-corrected chi connectivity index (χ3v) is 10.3. The summed E-state index contributed by atoms with van der Waals surface area (Å²) in [5, 5.41) is 40.6. The molecule has 4 N–H and O–H groups in total. The van der Waals surface area contributed by atoms with Gasteiger partial charge in [-0.3, -0.25) is 4.79 Å². The third kappa shape index (κ3) is 26.8.